The Bertz CT molecular complexity index is 160. The Morgan fingerprint density at radius 2 is 2.27 bits per heavy atom. The molecule has 1 fully saturated rings. The summed E-state index contributed by atoms with van der Waals surface area (Å²) >= 11 is 5.35. The highest BCUT2D eigenvalue weighted by Crippen LogP contribution is 2.33. The van der Waals surface area contributed by atoms with Gasteiger partial charge in [0.15, 0.2) is 0 Å². The number of alkyl halides is 1. The van der Waals surface area contributed by atoms with Crippen molar-refractivity contribution < 1.29 is 4.79 Å². The van der Waals surface area contributed by atoms with Crippen molar-refractivity contribution in [2.75, 3.05) is 5.88 Å². The second kappa shape index (κ2) is 3.44. The van der Waals surface area contributed by atoms with Gasteiger partial charge in [0, 0.05) is 6.04 Å². The van der Waals surface area contributed by atoms with E-state index in [9.17, 15) is 4.79 Å². The summed E-state index contributed by atoms with van der Waals surface area (Å²) in [5, 5.41) is 2.88. The molecule has 1 rings (SSSR count). The van der Waals surface area contributed by atoms with E-state index in [1.54, 1.807) is 0 Å². The fourth-order valence-electron chi connectivity index (χ4n) is 1.47. The largest absolute Gasteiger partial charge is 0.352 e. The first-order chi connectivity index (χ1) is 5.15. The number of halogens is 1. The van der Waals surface area contributed by atoms with Crippen LogP contribution in [0.4, 0.5) is 0 Å². The highest BCUT2D eigenvalue weighted by atomic mass is 35.5. The van der Waals surface area contributed by atoms with E-state index in [0.717, 1.165) is 12.3 Å². The Kier molecular flexibility index (Phi) is 2.77. The average molecular weight is 176 g/mol. The van der Waals surface area contributed by atoms with Gasteiger partial charge in [-0.3, -0.25) is 4.79 Å². The molecule has 64 valence electrons. The molecule has 1 N–H and O–H groups in total. The van der Waals surface area contributed by atoms with Crippen molar-refractivity contribution in [3.05, 3.63) is 0 Å². The zero-order valence-corrected chi connectivity index (χ0v) is 7.69. The third-order valence-corrected chi connectivity index (χ3v) is 2.87. The van der Waals surface area contributed by atoms with Crippen LogP contribution < -0.4 is 5.32 Å². The number of hydrogen-bond acceptors (Lipinski definition) is 1. The first-order valence-corrected chi connectivity index (χ1v) is 4.54. The minimum Gasteiger partial charge on any atom is -0.352 e. The van der Waals surface area contributed by atoms with Crippen LogP contribution in [-0.4, -0.2) is 17.8 Å². The molecule has 0 spiro atoms. The van der Waals surface area contributed by atoms with Crippen molar-refractivity contribution in [3.63, 3.8) is 0 Å². The molecule has 1 saturated carbocycles. The predicted octanol–water partition coefficient (Wildman–Crippen LogP) is 1.39. The molecule has 3 unspecified atom stereocenters. The normalized spacial score (nSPS) is 36.1. The molecule has 0 heterocycles. The smallest absolute Gasteiger partial charge is 0.235 e. The van der Waals surface area contributed by atoms with Crippen molar-refractivity contribution in [3.8, 4) is 0 Å². The van der Waals surface area contributed by atoms with Gasteiger partial charge in [0.2, 0.25) is 5.91 Å². The molecule has 2 nitrogen and oxygen atoms in total. The first kappa shape index (κ1) is 8.85. The Morgan fingerprint density at radius 3 is 2.64 bits per heavy atom. The van der Waals surface area contributed by atoms with Gasteiger partial charge < -0.3 is 5.32 Å². The molecule has 11 heavy (non-hydrogen) atoms. The fraction of sp³-hybridized carbons (Fsp3) is 0.875. The highest BCUT2D eigenvalue weighted by Gasteiger charge is 2.34. The van der Waals surface area contributed by atoms with Crippen molar-refractivity contribution >= 4 is 17.5 Å². The van der Waals surface area contributed by atoms with Crippen molar-refractivity contribution in [1.29, 1.82) is 0 Å². The van der Waals surface area contributed by atoms with Crippen LogP contribution >= 0.6 is 11.6 Å². The number of hydrogen-bond donors (Lipinski definition) is 1. The third kappa shape index (κ3) is 1.86. The third-order valence-electron chi connectivity index (χ3n) is 2.63. The number of rotatable bonds is 2. The maximum atomic E-state index is 10.8. The maximum absolute atomic E-state index is 10.8. The maximum Gasteiger partial charge on any atom is 0.235 e. The van der Waals surface area contributed by atoms with E-state index in [0.29, 0.717) is 12.0 Å². The SMILES string of the molecule is CC1CC(NC(=O)CCl)C1C. The van der Waals surface area contributed by atoms with Gasteiger partial charge in [0.05, 0.1) is 0 Å². The summed E-state index contributed by atoms with van der Waals surface area (Å²) in [6.07, 6.45) is 1.10. The Morgan fingerprint density at radius 1 is 1.64 bits per heavy atom. The second-order valence-corrected chi connectivity index (χ2v) is 3.65. The van der Waals surface area contributed by atoms with Crippen LogP contribution in [0, 0.1) is 11.8 Å². The summed E-state index contributed by atoms with van der Waals surface area (Å²) < 4.78 is 0. The Labute approximate surface area is 72.3 Å². The van der Waals surface area contributed by atoms with Gasteiger partial charge in [0.25, 0.3) is 0 Å². The second-order valence-electron chi connectivity index (χ2n) is 3.38. The summed E-state index contributed by atoms with van der Waals surface area (Å²) in [6.45, 7) is 4.36. The van der Waals surface area contributed by atoms with Crippen LogP contribution in [0.3, 0.4) is 0 Å². The minimum atomic E-state index is -0.0459. The molecule has 1 aliphatic rings. The Hall–Kier alpha value is -0.240. The first-order valence-electron chi connectivity index (χ1n) is 4.00. The quantitative estimate of drug-likeness (QED) is 0.632. The van der Waals surface area contributed by atoms with Crippen LogP contribution in [0.15, 0.2) is 0 Å². The lowest BCUT2D eigenvalue weighted by Gasteiger charge is -2.41. The van der Waals surface area contributed by atoms with Gasteiger partial charge in [-0.15, -0.1) is 11.6 Å². The zero-order valence-electron chi connectivity index (χ0n) is 6.93. The predicted molar refractivity (Wildman–Crippen MR) is 45.6 cm³/mol. The molecule has 3 atom stereocenters. The molecule has 0 aromatic rings. The summed E-state index contributed by atoms with van der Waals surface area (Å²) in [7, 11) is 0. The van der Waals surface area contributed by atoms with E-state index in [1.807, 2.05) is 0 Å². The molecule has 0 aromatic heterocycles. The fourth-order valence-corrected chi connectivity index (χ4v) is 1.54. The van der Waals surface area contributed by atoms with E-state index < -0.39 is 0 Å². The molecule has 3 heteroatoms. The average Bonchev–Trinajstić information content (AvgIpc) is 2.03. The number of amides is 1. The van der Waals surface area contributed by atoms with Crippen molar-refractivity contribution in [1.82, 2.24) is 5.32 Å². The molecule has 0 bridgehead atoms. The molecule has 1 amide bonds. The molecule has 0 aliphatic heterocycles. The molecule has 1 aliphatic carbocycles. The van der Waals surface area contributed by atoms with Gasteiger partial charge in [-0.05, 0) is 18.3 Å². The zero-order chi connectivity index (χ0) is 8.43. The van der Waals surface area contributed by atoms with Crippen molar-refractivity contribution in [2.24, 2.45) is 11.8 Å². The van der Waals surface area contributed by atoms with E-state index >= 15 is 0 Å². The van der Waals surface area contributed by atoms with E-state index in [1.165, 1.54) is 0 Å². The lowest BCUT2D eigenvalue weighted by molar-refractivity contribution is -0.120. The summed E-state index contributed by atoms with van der Waals surface area (Å²) in [4.78, 5) is 10.8. The minimum absolute atomic E-state index is 0.0459. The summed E-state index contributed by atoms with van der Waals surface area (Å²) in [6, 6.07) is 0.372. The number of nitrogens with one attached hydrogen (secondary N) is 1. The number of carbonyl (C=O) groups is 1. The van der Waals surface area contributed by atoms with Gasteiger partial charge in [-0.1, -0.05) is 13.8 Å². The van der Waals surface area contributed by atoms with Gasteiger partial charge in [-0.2, -0.15) is 0 Å². The Balaban J connectivity index is 2.25. The topological polar surface area (TPSA) is 29.1 Å². The van der Waals surface area contributed by atoms with Crippen LogP contribution in [-0.2, 0) is 4.79 Å². The van der Waals surface area contributed by atoms with Crippen LogP contribution in [0.1, 0.15) is 20.3 Å². The molecular weight excluding hydrogens is 162 g/mol. The van der Waals surface area contributed by atoms with Crippen molar-refractivity contribution in [2.45, 2.75) is 26.3 Å². The summed E-state index contributed by atoms with van der Waals surface area (Å²) in [5.74, 6) is 1.39. The monoisotopic (exact) mass is 175 g/mol. The molecule has 0 radical (unpaired) electrons. The molecular formula is C8H14ClNO. The molecule has 0 saturated heterocycles. The van der Waals surface area contributed by atoms with Crippen LogP contribution in [0.2, 0.25) is 0 Å². The standard InChI is InChI=1S/C8H14ClNO/c1-5-3-7(6(5)2)10-8(11)4-9/h5-7H,3-4H2,1-2H3,(H,10,11). The lowest BCUT2D eigenvalue weighted by atomic mass is 9.71. The van der Waals surface area contributed by atoms with E-state index in [-0.39, 0.29) is 11.8 Å². The lowest BCUT2D eigenvalue weighted by Crippen LogP contribution is -2.50. The van der Waals surface area contributed by atoms with Gasteiger partial charge in [0.1, 0.15) is 5.88 Å². The van der Waals surface area contributed by atoms with Crippen LogP contribution in [0.5, 0.6) is 0 Å². The van der Waals surface area contributed by atoms with Gasteiger partial charge >= 0.3 is 0 Å². The van der Waals surface area contributed by atoms with Crippen LogP contribution in [0.25, 0.3) is 0 Å². The van der Waals surface area contributed by atoms with E-state index in [4.69, 9.17) is 11.6 Å². The van der Waals surface area contributed by atoms with E-state index in [2.05, 4.69) is 19.2 Å². The molecule has 0 aromatic carbocycles. The summed E-state index contributed by atoms with van der Waals surface area (Å²) in [5.41, 5.74) is 0. The van der Waals surface area contributed by atoms with Gasteiger partial charge in [-0.25, -0.2) is 0 Å². The highest BCUT2D eigenvalue weighted by molar-refractivity contribution is 6.27. The number of carbonyl (C=O) groups excluding carboxylic acids is 1.